The highest BCUT2D eigenvalue weighted by atomic mass is 16.6. The smallest absolute Gasteiger partial charge is 0.226 e. The summed E-state index contributed by atoms with van der Waals surface area (Å²) < 4.78 is 0. The van der Waals surface area contributed by atoms with Crippen LogP contribution in [0.1, 0.15) is 45.4 Å². The second kappa shape index (κ2) is 3.23. The van der Waals surface area contributed by atoms with E-state index in [1.165, 1.54) is 6.92 Å². The molecule has 0 spiro atoms. The summed E-state index contributed by atoms with van der Waals surface area (Å²) in [7, 11) is 0. The Hall–Kier alpha value is -1.17. The molecule has 4 atom stereocenters. The molecule has 0 aromatic heterocycles. The van der Waals surface area contributed by atoms with Gasteiger partial charge >= 0.3 is 0 Å². The summed E-state index contributed by atoms with van der Waals surface area (Å²) in [6.45, 7) is 1.47. The first-order chi connectivity index (χ1) is 8.27. The average molecular weight is 253 g/mol. The SMILES string of the molecule is CC(=O)NC12CC3CC(N)(C1)CC([N+](=O)[O-])(C3)C2. The largest absolute Gasteiger partial charge is 0.351 e. The maximum Gasteiger partial charge on any atom is 0.226 e. The molecule has 0 saturated heterocycles. The van der Waals surface area contributed by atoms with Crippen LogP contribution < -0.4 is 11.1 Å². The average Bonchev–Trinajstić information content (AvgIpc) is 2.09. The summed E-state index contributed by atoms with van der Waals surface area (Å²) in [5.74, 6) is 0.169. The minimum Gasteiger partial charge on any atom is -0.351 e. The second-order valence-electron chi connectivity index (χ2n) is 6.81. The van der Waals surface area contributed by atoms with Crippen molar-refractivity contribution in [2.75, 3.05) is 0 Å². The fourth-order valence-electron chi connectivity index (χ4n) is 5.18. The van der Waals surface area contributed by atoms with E-state index in [2.05, 4.69) is 5.32 Å². The monoisotopic (exact) mass is 253 g/mol. The van der Waals surface area contributed by atoms with Gasteiger partial charge in [0.15, 0.2) is 0 Å². The Morgan fingerprint density at radius 1 is 1.33 bits per heavy atom. The molecule has 3 N–H and O–H groups in total. The maximum absolute atomic E-state index is 11.5. The zero-order chi connectivity index (χ0) is 13.2. The molecule has 4 aliphatic carbocycles. The second-order valence-corrected chi connectivity index (χ2v) is 6.81. The molecule has 4 fully saturated rings. The van der Waals surface area contributed by atoms with Crippen molar-refractivity contribution in [1.82, 2.24) is 5.32 Å². The molecule has 0 aliphatic heterocycles. The summed E-state index contributed by atoms with van der Waals surface area (Å²) in [5, 5.41) is 14.4. The number of nitrogens with two attached hydrogens (primary N) is 1. The van der Waals surface area contributed by atoms with Gasteiger partial charge in [-0.15, -0.1) is 0 Å². The van der Waals surface area contributed by atoms with E-state index in [-0.39, 0.29) is 16.7 Å². The highest BCUT2D eigenvalue weighted by Gasteiger charge is 2.68. The first-order valence-electron chi connectivity index (χ1n) is 6.49. The molecule has 4 saturated carbocycles. The Kier molecular flexibility index (Phi) is 2.13. The molecule has 4 unspecified atom stereocenters. The normalized spacial score (nSPS) is 49.1. The van der Waals surface area contributed by atoms with Gasteiger partial charge in [-0.25, -0.2) is 0 Å². The van der Waals surface area contributed by atoms with Crippen molar-refractivity contribution in [3.05, 3.63) is 10.1 Å². The number of nitrogens with zero attached hydrogens (tertiary/aromatic N) is 1. The minimum atomic E-state index is -0.906. The Labute approximate surface area is 105 Å². The topological polar surface area (TPSA) is 98.3 Å². The van der Waals surface area contributed by atoms with Crippen molar-refractivity contribution < 1.29 is 9.72 Å². The number of carbonyl (C=O) groups excluding carboxylic acids is 1. The summed E-state index contributed by atoms with van der Waals surface area (Å²) in [6.07, 6.45) is 3.93. The molecular weight excluding hydrogens is 234 g/mol. The predicted octanol–water partition coefficient (Wildman–Crippen LogP) is 0.572. The van der Waals surface area contributed by atoms with Gasteiger partial charge in [0.05, 0.1) is 0 Å². The molecule has 0 aromatic carbocycles. The molecule has 6 nitrogen and oxygen atoms in total. The number of nitrogens with one attached hydrogen (secondary N) is 1. The van der Waals surface area contributed by atoms with Crippen molar-refractivity contribution in [2.45, 2.75) is 62.1 Å². The van der Waals surface area contributed by atoms with Crippen LogP contribution in [0, 0.1) is 16.0 Å². The summed E-state index contributed by atoms with van der Waals surface area (Å²) in [4.78, 5) is 22.7. The van der Waals surface area contributed by atoms with Crippen LogP contribution in [-0.2, 0) is 4.79 Å². The number of carbonyl (C=O) groups is 1. The lowest BCUT2D eigenvalue weighted by Gasteiger charge is -2.61. The van der Waals surface area contributed by atoms with Gasteiger partial charge in [0.1, 0.15) is 0 Å². The van der Waals surface area contributed by atoms with Gasteiger partial charge in [-0.3, -0.25) is 14.9 Å². The molecule has 4 rings (SSSR count). The quantitative estimate of drug-likeness (QED) is 0.555. The fourth-order valence-corrected chi connectivity index (χ4v) is 5.18. The number of rotatable bonds is 2. The minimum absolute atomic E-state index is 0.112. The first-order valence-corrected chi connectivity index (χ1v) is 6.49. The van der Waals surface area contributed by atoms with Crippen LogP contribution in [0.15, 0.2) is 0 Å². The maximum atomic E-state index is 11.5. The lowest BCUT2D eigenvalue weighted by Crippen LogP contribution is -2.74. The van der Waals surface area contributed by atoms with Gasteiger partial charge in [-0.1, -0.05) is 0 Å². The van der Waals surface area contributed by atoms with Crippen LogP contribution in [-0.4, -0.2) is 27.4 Å². The van der Waals surface area contributed by atoms with Crippen molar-refractivity contribution in [1.29, 1.82) is 0 Å². The van der Waals surface area contributed by atoms with E-state index in [0.29, 0.717) is 25.7 Å². The molecule has 1 amide bonds. The highest BCUT2D eigenvalue weighted by molar-refractivity contribution is 5.74. The van der Waals surface area contributed by atoms with Gasteiger partial charge in [0.25, 0.3) is 0 Å². The fraction of sp³-hybridized carbons (Fsp3) is 0.917. The summed E-state index contributed by atoms with van der Waals surface area (Å²) >= 11 is 0. The van der Waals surface area contributed by atoms with Crippen LogP contribution in [0.5, 0.6) is 0 Å². The molecule has 0 radical (unpaired) electrons. The molecule has 100 valence electrons. The third-order valence-electron chi connectivity index (χ3n) is 4.91. The van der Waals surface area contributed by atoms with Gasteiger partial charge in [0, 0.05) is 42.2 Å². The zero-order valence-corrected chi connectivity index (χ0v) is 10.6. The van der Waals surface area contributed by atoms with Gasteiger partial charge in [-0.05, 0) is 25.2 Å². The van der Waals surface area contributed by atoms with E-state index in [9.17, 15) is 14.9 Å². The number of nitro groups is 1. The standard InChI is InChI=1S/C12H19N3O3/c1-8(16)14-11-3-9-2-10(13,5-11)6-12(4-9,7-11)15(17)18/h9H,2-7,13H2,1H3,(H,14,16). The Morgan fingerprint density at radius 2 is 2.06 bits per heavy atom. The van der Waals surface area contributed by atoms with E-state index in [1.807, 2.05) is 0 Å². The molecule has 4 aliphatic rings. The number of amides is 1. The predicted molar refractivity (Wildman–Crippen MR) is 64.4 cm³/mol. The molecule has 0 aromatic rings. The van der Waals surface area contributed by atoms with Gasteiger partial charge < -0.3 is 11.1 Å². The number of hydrogen-bond acceptors (Lipinski definition) is 4. The third kappa shape index (κ3) is 1.55. The molecule has 18 heavy (non-hydrogen) atoms. The van der Waals surface area contributed by atoms with Crippen molar-refractivity contribution >= 4 is 5.91 Å². The van der Waals surface area contributed by atoms with Crippen LogP contribution in [0.4, 0.5) is 0 Å². The highest BCUT2D eigenvalue weighted by Crippen LogP contribution is 2.59. The summed E-state index contributed by atoms with van der Waals surface area (Å²) in [5.41, 5.74) is 4.54. The van der Waals surface area contributed by atoms with Crippen molar-refractivity contribution in [2.24, 2.45) is 11.7 Å². The van der Waals surface area contributed by atoms with Crippen LogP contribution in [0.25, 0.3) is 0 Å². The van der Waals surface area contributed by atoms with Gasteiger partial charge in [0.2, 0.25) is 11.4 Å². The Bertz CT molecular complexity index is 440. The summed E-state index contributed by atoms with van der Waals surface area (Å²) in [6, 6.07) is 0. The molecular formula is C12H19N3O3. The van der Waals surface area contributed by atoms with Crippen LogP contribution in [0.3, 0.4) is 0 Å². The first kappa shape index (κ1) is 11.9. The van der Waals surface area contributed by atoms with E-state index in [0.717, 1.165) is 12.8 Å². The van der Waals surface area contributed by atoms with E-state index < -0.39 is 16.6 Å². The molecule has 0 heterocycles. The zero-order valence-electron chi connectivity index (χ0n) is 10.6. The molecule has 4 bridgehead atoms. The number of hydrogen-bond donors (Lipinski definition) is 2. The lowest BCUT2D eigenvalue weighted by molar-refractivity contribution is -0.589. The Morgan fingerprint density at radius 3 is 2.61 bits per heavy atom. The van der Waals surface area contributed by atoms with Crippen molar-refractivity contribution in [3.8, 4) is 0 Å². The van der Waals surface area contributed by atoms with Crippen LogP contribution in [0.2, 0.25) is 0 Å². The van der Waals surface area contributed by atoms with E-state index in [1.54, 1.807) is 0 Å². The van der Waals surface area contributed by atoms with E-state index in [4.69, 9.17) is 5.73 Å². The van der Waals surface area contributed by atoms with Crippen molar-refractivity contribution in [3.63, 3.8) is 0 Å². The van der Waals surface area contributed by atoms with Gasteiger partial charge in [-0.2, -0.15) is 0 Å². The lowest BCUT2D eigenvalue weighted by atomic mass is 9.47. The van der Waals surface area contributed by atoms with Crippen LogP contribution >= 0.6 is 0 Å². The third-order valence-corrected chi connectivity index (χ3v) is 4.91. The molecule has 6 heteroatoms. The van der Waals surface area contributed by atoms with E-state index >= 15 is 0 Å². The Balaban J connectivity index is 2.00.